The fourth-order valence-corrected chi connectivity index (χ4v) is 3.25. The SMILES string of the molecule is CCNC(=NCCCN1CCN(c2ccc(OC)cc2)CC1)NC1CC1.I. The standard InChI is InChI=1S/C20H33N5O.HI/c1-3-21-20(23-17-5-6-17)22-11-4-12-24-13-15-25(16-14-24)18-7-9-19(26-2)10-8-18;/h7-10,17H,3-6,11-16H2,1-2H3,(H2,21,22,23);1H. The molecule has 3 rings (SSSR count). The molecule has 0 unspecified atom stereocenters. The minimum Gasteiger partial charge on any atom is -0.497 e. The number of benzene rings is 1. The number of hydrogen-bond acceptors (Lipinski definition) is 4. The highest BCUT2D eigenvalue weighted by molar-refractivity contribution is 14.0. The fraction of sp³-hybridized carbons (Fsp3) is 0.650. The smallest absolute Gasteiger partial charge is 0.191 e. The van der Waals surface area contributed by atoms with Gasteiger partial charge in [0.05, 0.1) is 7.11 Å². The van der Waals surface area contributed by atoms with Crippen LogP contribution in [0.15, 0.2) is 29.3 Å². The number of guanidine groups is 1. The number of ether oxygens (including phenoxy) is 1. The van der Waals surface area contributed by atoms with Crippen molar-refractivity contribution < 1.29 is 4.74 Å². The lowest BCUT2D eigenvalue weighted by Gasteiger charge is -2.36. The number of halogens is 1. The van der Waals surface area contributed by atoms with Crippen LogP contribution in [0, 0.1) is 0 Å². The highest BCUT2D eigenvalue weighted by atomic mass is 127. The lowest BCUT2D eigenvalue weighted by molar-refractivity contribution is 0.256. The van der Waals surface area contributed by atoms with E-state index in [9.17, 15) is 0 Å². The Morgan fingerprint density at radius 2 is 1.85 bits per heavy atom. The summed E-state index contributed by atoms with van der Waals surface area (Å²) in [5, 5.41) is 6.81. The first-order valence-corrected chi connectivity index (χ1v) is 9.94. The fourth-order valence-electron chi connectivity index (χ4n) is 3.25. The maximum Gasteiger partial charge on any atom is 0.191 e. The van der Waals surface area contributed by atoms with Crippen LogP contribution in [-0.4, -0.2) is 69.8 Å². The minimum absolute atomic E-state index is 0. The summed E-state index contributed by atoms with van der Waals surface area (Å²) in [6, 6.07) is 9.03. The van der Waals surface area contributed by atoms with E-state index in [2.05, 4.69) is 39.5 Å². The molecule has 27 heavy (non-hydrogen) atoms. The Morgan fingerprint density at radius 3 is 2.44 bits per heavy atom. The molecule has 1 saturated heterocycles. The van der Waals surface area contributed by atoms with Crippen LogP contribution in [0.1, 0.15) is 26.2 Å². The van der Waals surface area contributed by atoms with Gasteiger partial charge in [-0.3, -0.25) is 9.89 Å². The summed E-state index contributed by atoms with van der Waals surface area (Å²) in [5.74, 6) is 1.90. The molecule has 1 aliphatic heterocycles. The molecule has 2 aliphatic rings. The molecule has 0 atom stereocenters. The predicted molar refractivity (Wildman–Crippen MR) is 124 cm³/mol. The van der Waals surface area contributed by atoms with Crippen LogP contribution in [0.25, 0.3) is 0 Å². The van der Waals surface area contributed by atoms with E-state index in [-0.39, 0.29) is 24.0 Å². The monoisotopic (exact) mass is 487 g/mol. The Morgan fingerprint density at radius 1 is 1.15 bits per heavy atom. The quantitative estimate of drug-likeness (QED) is 0.256. The van der Waals surface area contributed by atoms with Crippen molar-refractivity contribution in [2.75, 3.05) is 57.8 Å². The summed E-state index contributed by atoms with van der Waals surface area (Å²) in [7, 11) is 1.71. The molecular formula is C20H34IN5O. The number of aliphatic imine (C=N–C) groups is 1. The molecule has 0 aromatic heterocycles. The second-order valence-corrected chi connectivity index (χ2v) is 7.06. The Kier molecular flexibility index (Phi) is 9.47. The summed E-state index contributed by atoms with van der Waals surface area (Å²) in [6.45, 7) is 9.47. The molecule has 0 spiro atoms. The summed E-state index contributed by atoms with van der Waals surface area (Å²) < 4.78 is 5.24. The lowest BCUT2D eigenvalue weighted by Crippen LogP contribution is -2.46. The van der Waals surface area contributed by atoms with Crippen LogP contribution >= 0.6 is 24.0 Å². The third-order valence-electron chi connectivity index (χ3n) is 4.97. The van der Waals surface area contributed by atoms with Crippen molar-refractivity contribution in [1.82, 2.24) is 15.5 Å². The average Bonchev–Trinajstić information content (AvgIpc) is 3.50. The molecular weight excluding hydrogens is 453 g/mol. The van der Waals surface area contributed by atoms with Gasteiger partial charge in [-0.1, -0.05) is 0 Å². The van der Waals surface area contributed by atoms with E-state index in [0.717, 1.165) is 63.9 Å². The Bertz CT molecular complexity index is 568. The third-order valence-corrected chi connectivity index (χ3v) is 4.97. The van der Waals surface area contributed by atoms with Gasteiger partial charge in [-0.15, -0.1) is 24.0 Å². The van der Waals surface area contributed by atoms with Gasteiger partial charge in [-0.25, -0.2) is 0 Å². The molecule has 1 aliphatic carbocycles. The zero-order chi connectivity index (χ0) is 18.2. The predicted octanol–water partition coefficient (Wildman–Crippen LogP) is 2.54. The molecule has 152 valence electrons. The van der Waals surface area contributed by atoms with Gasteiger partial charge in [-0.2, -0.15) is 0 Å². The van der Waals surface area contributed by atoms with Gasteiger partial charge in [0.1, 0.15) is 5.75 Å². The van der Waals surface area contributed by atoms with Crippen LogP contribution < -0.4 is 20.3 Å². The normalized spacial score (nSPS) is 18.0. The van der Waals surface area contributed by atoms with Crippen LogP contribution in [-0.2, 0) is 0 Å². The van der Waals surface area contributed by atoms with Crippen LogP contribution in [0.4, 0.5) is 5.69 Å². The van der Waals surface area contributed by atoms with Crippen molar-refractivity contribution in [3.63, 3.8) is 0 Å². The van der Waals surface area contributed by atoms with Crippen molar-refractivity contribution in [2.45, 2.75) is 32.2 Å². The molecule has 1 heterocycles. The topological polar surface area (TPSA) is 52.1 Å². The maximum absolute atomic E-state index is 5.24. The van der Waals surface area contributed by atoms with Gasteiger partial charge in [0.25, 0.3) is 0 Å². The second-order valence-electron chi connectivity index (χ2n) is 7.06. The number of nitrogens with one attached hydrogen (secondary N) is 2. The maximum atomic E-state index is 5.24. The molecule has 0 bridgehead atoms. The zero-order valence-electron chi connectivity index (χ0n) is 16.6. The summed E-state index contributed by atoms with van der Waals surface area (Å²) in [6.07, 6.45) is 3.68. The van der Waals surface area contributed by atoms with Crippen molar-refractivity contribution in [3.05, 3.63) is 24.3 Å². The van der Waals surface area contributed by atoms with E-state index in [1.54, 1.807) is 7.11 Å². The van der Waals surface area contributed by atoms with Crippen molar-refractivity contribution in [1.29, 1.82) is 0 Å². The molecule has 2 N–H and O–H groups in total. The molecule has 1 saturated carbocycles. The Labute approximate surface area is 180 Å². The van der Waals surface area contributed by atoms with Gasteiger partial charge in [0, 0.05) is 57.5 Å². The number of hydrogen-bond donors (Lipinski definition) is 2. The number of anilines is 1. The molecule has 0 amide bonds. The van der Waals surface area contributed by atoms with Crippen molar-refractivity contribution >= 4 is 35.6 Å². The van der Waals surface area contributed by atoms with Gasteiger partial charge in [0.2, 0.25) is 0 Å². The molecule has 6 nitrogen and oxygen atoms in total. The third kappa shape index (κ3) is 7.37. The van der Waals surface area contributed by atoms with Crippen molar-refractivity contribution in [2.24, 2.45) is 4.99 Å². The van der Waals surface area contributed by atoms with Crippen LogP contribution in [0.5, 0.6) is 5.75 Å². The largest absolute Gasteiger partial charge is 0.497 e. The number of rotatable bonds is 8. The Hall–Kier alpha value is -1.22. The molecule has 1 aromatic rings. The molecule has 0 radical (unpaired) electrons. The minimum atomic E-state index is 0. The first-order chi connectivity index (χ1) is 12.8. The summed E-state index contributed by atoms with van der Waals surface area (Å²) in [5.41, 5.74) is 1.29. The second kappa shape index (κ2) is 11.6. The molecule has 7 heteroatoms. The van der Waals surface area contributed by atoms with Crippen molar-refractivity contribution in [3.8, 4) is 5.75 Å². The Balaban J connectivity index is 0.00000261. The van der Waals surface area contributed by atoms with Gasteiger partial charge in [-0.05, 0) is 50.5 Å². The van der Waals surface area contributed by atoms with E-state index in [0.29, 0.717) is 6.04 Å². The van der Waals surface area contributed by atoms with Gasteiger partial charge < -0.3 is 20.3 Å². The van der Waals surface area contributed by atoms with Gasteiger partial charge in [0.15, 0.2) is 5.96 Å². The van der Waals surface area contributed by atoms with Crippen LogP contribution in [0.3, 0.4) is 0 Å². The van der Waals surface area contributed by atoms with Gasteiger partial charge >= 0.3 is 0 Å². The van der Waals surface area contributed by atoms with E-state index >= 15 is 0 Å². The highest BCUT2D eigenvalue weighted by Gasteiger charge is 2.22. The number of piperazine rings is 1. The molecule has 1 aromatic carbocycles. The number of methoxy groups -OCH3 is 1. The van der Waals surface area contributed by atoms with E-state index in [1.165, 1.54) is 18.5 Å². The lowest BCUT2D eigenvalue weighted by atomic mass is 10.2. The molecule has 2 fully saturated rings. The summed E-state index contributed by atoms with van der Waals surface area (Å²) in [4.78, 5) is 9.71. The van der Waals surface area contributed by atoms with E-state index in [4.69, 9.17) is 9.73 Å². The average molecular weight is 487 g/mol. The van der Waals surface area contributed by atoms with Crippen LogP contribution in [0.2, 0.25) is 0 Å². The van der Waals surface area contributed by atoms with E-state index in [1.807, 2.05) is 12.1 Å². The first kappa shape index (κ1) is 22.1. The zero-order valence-corrected chi connectivity index (χ0v) is 18.9. The first-order valence-electron chi connectivity index (χ1n) is 9.94. The van der Waals surface area contributed by atoms with E-state index < -0.39 is 0 Å². The highest BCUT2D eigenvalue weighted by Crippen LogP contribution is 2.20. The summed E-state index contributed by atoms with van der Waals surface area (Å²) >= 11 is 0. The number of nitrogens with zero attached hydrogens (tertiary/aromatic N) is 3.